The van der Waals surface area contributed by atoms with Gasteiger partial charge in [0, 0.05) is 21.4 Å². The fourth-order valence-corrected chi connectivity index (χ4v) is 7.09. The van der Waals surface area contributed by atoms with Crippen molar-refractivity contribution in [2.24, 2.45) is 5.41 Å². The zero-order valence-electron chi connectivity index (χ0n) is 26.2. The first-order valence-electron chi connectivity index (χ1n) is 15.0. The molecule has 1 aliphatic rings. The summed E-state index contributed by atoms with van der Waals surface area (Å²) in [6.45, 7) is 3.66. The van der Waals surface area contributed by atoms with Gasteiger partial charge in [0.25, 0.3) is 10.1 Å². The lowest BCUT2D eigenvalue weighted by Gasteiger charge is -2.24. The molecule has 3 N–H and O–H groups in total. The Morgan fingerprint density at radius 3 is 2.41 bits per heavy atom. The highest BCUT2D eigenvalue weighted by molar-refractivity contribution is 7.99. The summed E-state index contributed by atoms with van der Waals surface area (Å²) in [5, 5.41) is 22.1. The molecule has 1 saturated carbocycles. The van der Waals surface area contributed by atoms with Crippen LogP contribution in [0.2, 0.25) is 5.02 Å². The second kappa shape index (κ2) is 15.1. The summed E-state index contributed by atoms with van der Waals surface area (Å²) < 4.78 is 25.9. The molecule has 0 radical (unpaired) electrons. The first-order chi connectivity index (χ1) is 21.6. The van der Waals surface area contributed by atoms with Crippen molar-refractivity contribution >= 4 is 62.5 Å². The number of carbonyl (C=O) groups is 1. The van der Waals surface area contributed by atoms with Gasteiger partial charge in [-0.05, 0) is 91.5 Å². The van der Waals surface area contributed by atoms with Crippen LogP contribution in [-0.4, -0.2) is 46.1 Å². The number of rotatable bonds is 12. The van der Waals surface area contributed by atoms with Crippen molar-refractivity contribution in [2.45, 2.75) is 56.8 Å². The van der Waals surface area contributed by atoms with Crippen molar-refractivity contribution in [1.82, 2.24) is 4.98 Å². The summed E-state index contributed by atoms with van der Waals surface area (Å²) >= 11 is 8.04. The smallest absolute Gasteiger partial charge is 0.303 e. The molecule has 0 bridgehead atoms. The van der Waals surface area contributed by atoms with E-state index >= 15 is 0 Å². The Labute approximate surface area is 280 Å². The Morgan fingerprint density at radius 2 is 1.74 bits per heavy atom. The molecule has 1 atom stereocenters. The third kappa shape index (κ3) is 11.2. The summed E-state index contributed by atoms with van der Waals surface area (Å²) in [6.07, 6.45) is 8.73. The number of aryl methyl sites for hydroxylation is 1. The number of thioether (sulfide) groups is 1. The number of carboxylic acid groups (broad SMARTS) is 1. The van der Waals surface area contributed by atoms with Crippen LogP contribution in [0.15, 0.2) is 78.9 Å². The topological polar surface area (TPSA) is 125 Å². The Kier molecular flexibility index (Phi) is 11.7. The number of hydrogen-bond acceptors (Lipinski definition) is 6. The van der Waals surface area contributed by atoms with Crippen LogP contribution in [0.3, 0.4) is 0 Å². The highest BCUT2D eigenvalue weighted by Crippen LogP contribution is 2.53. The van der Waals surface area contributed by atoms with Gasteiger partial charge in [-0.3, -0.25) is 9.35 Å². The van der Waals surface area contributed by atoms with Gasteiger partial charge in [0.15, 0.2) is 0 Å². The van der Waals surface area contributed by atoms with E-state index in [9.17, 15) is 23.4 Å². The number of aliphatic carboxylic acids is 1. The highest BCUT2D eigenvalue weighted by atomic mass is 35.5. The Balaban J connectivity index is 0.000000892. The minimum atomic E-state index is -3.67. The molecule has 3 aromatic carbocycles. The van der Waals surface area contributed by atoms with Crippen LogP contribution < -0.4 is 0 Å². The van der Waals surface area contributed by atoms with E-state index in [-0.39, 0.29) is 17.1 Å². The van der Waals surface area contributed by atoms with Crippen LogP contribution >= 0.6 is 23.4 Å². The zero-order chi connectivity index (χ0) is 33.5. The lowest BCUT2D eigenvalue weighted by Crippen LogP contribution is -2.18. The molecule has 0 unspecified atom stereocenters. The monoisotopic (exact) mass is 681 g/mol. The van der Waals surface area contributed by atoms with Crippen molar-refractivity contribution in [3.05, 3.63) is 112 Å². The van der Waals surface area contributed by atoms with Crippen LogP contribution in [0, 0.1) is 5.41 Å². The second-order valence-corrected chi connectivity index (χ2v) is 15.5. The molecular weight excluding hydrogens is 642 g/mol. The number of hydrogen-bond donors (Lipinski definition) is 3. The third-order valence-corrected chi connectivity index (χ3v) is 9.76. The molecule has 10 heteroatoms. The number of benzene rings is 3. The van der Waals surface area contributed by atoms with E-state index < -0.39 is 21.7 Å². The van der Waals surface area contributed by atoms with Gasteiger partial charge < -0.3 is 10.2 Å². The molecule has 1 aliphatic carbocycles. The summed E-state index contributed by atoms with van der Waals surface area (Å²) in [6, 6.07) is 26.5. The standard InChI is InChI=1S/C35H36ClNO3S.CH4O3S/c1-34(2,40)30-9-4-3-7-25(30)13-17-32(41-23-35(18-19-35)22-33(38)39)27-8-5-6-24(20-27)10-15-29-16-12-26-11-14-28(36)21-31(26)37-29;1-5(2,3)4/h3-12,14-16,20-21,32,40H,13,17-19,22-23H2,1-2H3,(H,38,39);1H3,(H,2,3,4)/b15-10+;/t32-;/m1./s1. The van der Waals surface area contributed by atoms with Gasteiger partial charge >= 0.3 is 5.97 Å². The zero-order valence-corrected chi connectivity index (χ0v) is 28.6. The van der Waals surface area contributed by atoms with Gasteiger partial charge in [0.2, 0.25) is 0 Å². The maximum atomic E-state index is 11.5. The molecule has 7 nitrogen and oxygen atoms in total. The number of carboxylic acids is 1. The van der Waals surface area contributed by atoms with Crippen molar-refractivity contribution < 1.29 is 28.0 Å². The highest BCUT2D eigenvalue weighted by Gasteiger charge is 2.44. The van der Waals surface area contributed by atoms with Gasteiger partial charge in [-0.1, -0.05) is 78.3 Å². The summed E-state index contributed by atoms with van der Waals surface area (Å²) in [5.41, 5.74) is 5.15. The maximum absolute atomic E-state index is 11.5. The normalized spacial score (nSPS) is 14.9. The van der Waals surface area contributed by atoms with Crippen LogP contribution in [0.4, 0.5) is 0 Å². The van der Waals surface area contributed by atoms with Gasteiger partial charge in [0.1, 0.15) is 0 Å². The van der Waals surface area contributed by atoms with Gasteiger partial charge in [0.05, 0.1) is 29.5 Å². The fraction of sp³-hybridized carbons (Fsp3) is 0.333. The average Bonchev–Trinajstić information content (AvgIpc) is 3.73. The third-order valence-electron chi connectivity index (χ3n) is 7.83. The largest absolute Gasteiger partial charge is 0.481 e. The van der Waals surface area contributed by atoms with Crippen molar-refractivity contribution in [3.63, 3.8) is 0 Å². The number of aliphatic hydroxyl groups is 1. The second-order valence-electron chi connectivity index (χ2n) is 12.4. The molecule has 46 heavy (non-hydrogen) atoms. The summed E-state index contributed by atoms with van der Waals surface area (Å²) in [7, 11) is -3.67. The molecule has 1 heterocycles. The number of aromatic nitrogens is 1. The Morgan fingerprint density at radius 1 is 1.04 bits per heavy atom. The Hall–Kier alpha value is -3.21. The average molecular weight is 682 g/mol. The van der Waals surface area contributed by atoms with Gasteiger partial charge in [-0.15, -0.1) is 0 Å². The van der Waals surface area contributed by atoms with E-state index in [1.807, 2.05) is 74.1 Å². The summed E-state index contributed by atoms with van der Waals surface area (Å²) in [5.74, 6) is 0.122. The minimum absolute atomic E-state index is 0.0814. The summed E-state index contributed by atoms with van der Waals surface area (Å²) in [4.78, 5) is 16.2. The fourth-order valence-electron chi connectivity index (χ4n) is 5.36. The van der Waals surface area contributed by atoms with Crippen LogP contribution in [0.25, 0.3) is 23.1 Å². The van der Waals surface area contributed by atoms with E-state index in [1.165, 1.54) is 5.56 Å². The van der Waals surface area contributed by atoms with Crippen molar-refractivity contribution in [2.75, 3.05) is 12.0 Å². The quantitative estimate of drug-likeness (QED) is 0.127. The van der Waals surface area contributed by atoms with Gasteiger partial charge in [-0.25, -0.2) is 4.98 Å². The Bertz CT molecular complexity index is 1810. The lowest BCUT2D eigenvalue weighted by atomic mass is 9.90. The van der Waals surface area contributed by atoms with E-state index in [0.717, 1.165) is 64.7 Å². The first-order valence-corrected chi connectivity index (χ1v) is 18.3. The lowest BCUT2D eigenvalue weighted by molar-refractivity contribution is -0.138. The SMILES string of the molecule is CC(C)(O)c1ccccc1CC[C@@H](SCC1(CC(=O)O)CC1)c1cccc(/C=C/c2ccc3ccc(Cl)cc3n2)c1.CS(=O)(=O)O. The molecule has 5 rings (SSSR count). The van der Waals surface area contributed by atoms with Crippen LogP contribution in [-0.2, 0) is 26.9 Å². The number of nitrogens with zero attached hydrogens (tertiary/aromatic N) is 1. The molecule has 0 amide bonds. The molecular formula is C36H40ClNO6S2. The van der Waals surface area contributed by atoms with E-state index in [1.54, 1.807) is 0 Å². The first kappa shape index (κ1) is 35.6. The molecule has 0 spiro atoms. The molecule has 1 aromatic heterocycles. The van der Waals surface area contributed by atoms with Gasteiger partial charge in [-0.2, -0.15) is 20.2 Å². The molecule has 0 aliphatic heterocycles. The predicted molar refractivity (Wildman–Crippen MR) is 189 cm³/mol. The van der Waals surface area contributed by atoms with Crippen molar-refractivity contribution in [1.29, 1.82) is 0 Å². The van der Waals surface area contributed by atoms with E-state index in [4.69, 9.17) is 21.1 Å². The minimum Gasteiger partial charge on any atom is -0.481 e. The van der Waals surface area contributed by atoms with E-state index in [2.05, 4.69) is 42.5 Å². The van der Waals surface area contributed by atoms with Crippen molar-refractivity contribution in [3.8, 4) is 0 Å². The maximum Gasteiger partial charge on any atom is 0.303 e. The molecule has 4 aromatic rings. The van der Waals surface area contributed by atoms with E-state index in [0.29, 0.717) is 11.3 Å². The molecule has 1 fully saturated rings. The van der Waals surface area contributed by atoms with Crippen LogP contribution in [0.5, 0.6) is 0 Å². The predicted octanol–water partition coefficient (Wildman–Crippen LogP) is 8.45. The number of fused-ring (bicyclic) bond motifs is 1. The number of pyridine rings is 1. The molecule has 0 saturated heterocycles. The van der Waals surface area contributed by atoms with Crippen LogP contribution in [0.1, 0.15) is 72.7 Å². The number of halogens is 1. The molecule has 244 valence electrons.